The Morgan fingerprint density at radius 3 is 2.52 bits per heavy atom. The molecular weight excluding hydrogens is 681 g/mol. The third kappa shape index (κ3) is 7.52. The first-order chi connectivity index (χ1) is 26.1. The van der Waals surface area contributed by atoms with Crippen molar-refractivity contribution in [2.75, 3.05) is 36.5 Å². The molecule has 0 radical (unpaired) electrons. The van der Waals surface area contributed by atoms with Crippen LogP contribution >= 0.6 is 0 Å². The maximum atomic E-state index is 13.8. The van der Waals surface area contributed by atoms with Gasteiger partial charge in [-0.1, -0.05) is 51.1 Å². The number of nitrogens with zero attached hydrogens (tertiary/aromatic N) is 8. The van der Waals surface area contributed by atoms with E-state index in [1.165, 1.54) is 6.42 Å². The zero-order valence-corrected chi connectivity index (χ0v) is 32.1. The predicted molar refractivity (Wildman–Crippen MR) is 207 cm³/mol. The van der Waals surface area contributed by atoms with E-state index in [2.05, 4.69) is 94.0 Å². The molecule has 284 valence electrons. The van der Waals surface area contributed by atoms with Crippen LogP contribution < -0.4 is 24.9 Å². The van der Waals surface area contributed by atoms with Crippen LogP contribution in [0, 0.1) is 0 Å². The molecule has 2 N–H and O–H groups in total. The molecule has 0 bridgehead atoms. The number of morpholine rings is 1. The second-order valence-corrected chi connectivity index (χ2v) is 16.1. The Labute approximate surface area is 317 Å². The van der Waals surface area contributed by atoms with Crippen molar-refractivity contribution in [2.24, 2.45) is 0 Å². The number of hydrogen-bond acceptors (Lipinski definition) is 8. The summed E-state index contributed by atoms with van der Waals surface area (Å²) in [7, 11) is 0. The molecule has 2 saturated heterocycles. The molecule has 1 aromatic carbocycles. The molecule has 54 heavy (non-hydrogen) atoms. The second kappa shape index (κ2) is 15.0. The third-order valence-corrected chi connectivity index (χ3v) is 11.1. The van der Waals surface area contributed by atoms with E-state index in [1.54, 1.807) is 4.79 Å². The zero-order valence-electron chi connectivity index (χ0n) is 32.1. The van der Waals surface area contributed by atoms with Gasteiger partial charge in [0, 0.05) is 58.7 Å². The number of piperidine rings is 1. The maximum Gasteiger partial charge on any atom is 0.321 e. The zero-order chi connectivity index (χ0) is 37.4. The highest BCUT2D eigenvalue weighted by Gasteiger charge is 2.33. The van der Waals surface area contributed by atoms with E-state index < -0.39 is 0 Å². The van der Waals surface area contributed by atoms with Gasteiger partial charge in [-0.3, -0.25) is 14.6 Å². The van der Waals surface area contributed by atoms with E-state index >= 15 is 0 Å². The van der Waals surface area contributed by atoms with Crippen LogP contribution in [-0.4, -0.2) is 73.8 Å². The molecule has 6 heterocycles. The van der Waals surface area contributed by atoms with Crippen molar-refractivity contribution in [3.05, 3.63) is 95.6 Å². The number of carbonyl (C=O) groups excluding carboxylic acids is 1. The molecule has 8 rings (SSSR count). The van der Waals surface area contributed by atoms with Crippen LogP contribution in [0.25, 0.3) is 5.65 Å². The lowest BCUT2D eigenvalue weighted by Gasteiger charge is -2.39. The monoisotopic (exact) mass is 733 g/mol. The van der Waals surface area contributed by atoms with Gasteiger partial charge < -0.3 is 19.7 Å². The van der Waals surface area contributed by atoms with E-state index in [4.69, 9.17) is 14.6 Å². The summed E-state index contributed by atoms with van der Waals surface area (Å²) in [6, 6.07) is 18.6. The van der Waals surface area contributed by atoms with Gasteiger partial charge in [0.25, 0.3) is 0 Å². The van der Waals surface area contributed by atoms with Gasteiger partial charge in [-0.25, -0.2) is 4.79 Å². The number of urea groups is 1. The fraction of sp³-hybridized carbons (Fsp3) is 0.488. The standard InChI is InChI=1S/C41H52N10O3/c1-28-10-8-11-29(2)50(28)40-45-44-37-18-15-31(27-49(37)40)54-35-17-16-34(32-13-6-7-14-33(32)35)42-39(52)43-38-24-36(41(3,4)5)46-51(38)48-19-9-12-30(26-48)25-47-20-22-53-23-21-47/h6-7,9,12-15,18-19,24,26-29,34-35H,8,10-11,16-17,20-23,25H2,1-5H3,(H-,42,43,46,52)/p+1/t28-,29+,34-,35+/m0/s1. The van der Waals surface area contributed by atoms with Crippen LogP contribution in [0.1, 0.15) is 101 Å². The Morgan fingerprint density at radius 2 is 1.74 bits per heavy atom. The summed E-state index contributed by atoms with van der Waals surface area (Å²) in [5, 5.41) is 20.4. The molecule has 3 aliphatic rings. The normalized spacial score (nSPS) is 22.2. The third-order valence-electron chi connectivity index (χ3n) is 11.1. The van der Waals surface area contributed by atoms with Gasteiger partial charge in [-0.15, -0.1) is 14.9 Å². The van der Waals surface area contributed by atoms with Gasteiger partial charge >= 0.3 is 6.03 Å². The summed E-state index contributed by atoms with van der Waals surface area (Å²) in [6.07, 6.45) is 10.9. The number of hydrogen-bond donors (Lipinski definition) is 2. The van der Waals surface area contributed by atoms with Crippen LogP contribution in [0.2, 0.25) is 0 Å². The fourth-order valence-corrected chi connectivity index (χ4v) is 8.16. The second-order valence-electron chi connectivity index (χ2n) is 16.1. The summed E-state index contributed by atoms with van der Waals surface area (Å²) in [6.45, 7) is 15.1. The lowest BCUT2D eigenvalue weighted by molar-refractivity contribution is -0.734. The highest BCUT2D eigenvalue weighted by Crippen LogP contribution is 2.39. The van der Waals surface area contributed by atoms with Gasteiger partial charge in [0.15, 0.2) is 11.3 Å². The van der Waals surface area contributed by atoms with E-state index in [0.29, 0.717) is 17.9 Å². The van der Waals surface area contributed by atoms with E-state index in [0.717, 1.165) is 98.3 Å². The van der Waals surface area contributed by atoms with Crippen LogP contribution in [-0.2, 0) is 16.7 Å². The topological polar surface area (TPSA) is 118 Å². The molecule has 4 aromatic heterocycles. The average Bonchev–Trinajstić information content (AvgIpc) is 3.78. The summed E-state index contributed by atoms with van der Waals surface area (Å²) in [5.74, 6) is 2.22. The van der Waals surface area contributed by atoms with Crippen LogP contribution in [0.15, 0.2) is 73.2 Å². The Balaban J connectivity index is 0.989. The van der Waals surface area contributed by atoms with Crippen molar-refractivity contribution in [1.29, 1.82) is 0 Å². The van der Waals surface area contributed by atoms with Crippen molar-refractivity contribution >= 4 is 23.4 Å². The molecule has 2 fully saturated rings. The number of carbonyl (C=O) groups is 1. The number of amides is 2. The summed E-state index contributed by atoms with van der Waals surface area (Å²) < 4.78 is 16.3. The molecule has 0 unspecified atom stereocenters. The van der Waals surface area contributed by atoms with Gasteiger partial charge in [-0.2, -0.15) is 0 Å². The van der Waals surface area contributed by atoms with Crippen molar-refractivity contribution in [2.45, 2.75) is 103 Å². The highest BCUT2D eigenvalue weighted by atomic mass is 16.5. The summed E-state index contributed by atoms with van der Waals surface area (Å²) >= 11 is 0. The number of ether oxygens (including phenoxy) is 2. The molecule has 2 amide bonds. The number of benzene rings is 1. The number of nitrogens with one attached hydrogen (secondary N) is 2. The molecule has 13 nitrogen and oxygen atoms in total. The molecule has 4 atom stereocenters. The Kier molecular flexibility index (Phi) is 10.0. The van der Waals surface area contributed by atoms with Crippen LogP contribution in [0.3, 0.4) is 0 Å². The molecule has 5 aromatic rings. The van der Waals surface area contributed by atoms with Crippen LogP contribution in [0.4, 0.5) is 16.6 Å². The number of rotatable bonds is 8. The number of fused-ring (bicyclic) bond motifs is 2. The van der Waals surface area contributed by atoms with E-state index in [9.17, 15) is 4.79 Å². The maximum absolute atomic E-state index is 13.8. The van der Waals surface area contributed by atoms with E-state index in [-0.39, 0.29) is 23.6 Å². The molecule has 13 heteroatoms. The fourth-order valence-electron chi connectivity index (χ4n) is 8.16. The minimum Gasteiger partial charge on any atom is -0.484 e. The number of anilines is 2. The van der Waals surface area contributed by atoms with E-state index in [1.807, 2.05) is 53.5 Å². The smallest absolute Gasteiger partial charge is 0.321 e. The quantitative estimate of drug-likeness (QED) is 0.181. The first kappa shape index (κ1) is 36.0. The SMILES string of the molecule is C[C@@H]1CCC[C@H](C)N1c1nnc2ccc(O[C@@H]3CC[C@H](NC(=O)Nc4cc(C(C)(C)C)nn4-[n+]4cccc(CN5CCOCC5)c4)c4ccccc43)cn12. The highest BCUT2D eigenvalue weighted by molar-refractivity contribution is 5.88. The minimum absolute atomic E-state index is 0.163. The largest absolute Gasteiger partial charge is 0.484 e. The number of pyridine rings is 2. The molecule has 2 aliphatic heterocycles. The first-order valence-corrected chi connectivity index (χ1v) is 19.5. The van der Waals surface area contributed by atoms with Gasteiger partial charge in [0.05, 0.1) is 25.5 Å². The van der Waals surface area contributed by atoms with Crippen molar-refractivity contribution in [1.82, 2.24) is 34.7 Å². The Bertz CT molecular complexity index is 2090. The van der Waals surface area contributed by atoms with Crippen molar-refractivity contribution in [3.8, 4) is 5.75 Å². The van der Waals surface area contributed by atoms with Crippen molar-refractivity contribution < 1.29 is 18.9 Å². The Hall–Kier alpha value is -5.01. The first-order valence-electron chi connectivity index (χ1n) is 19.5. The van der Waals surface area contributed by atoms with Crippen molar-refractivity contribution in [3.63, 3.8) is 0 Å². The molecular formula is C41H53N10O3+. The Morgan fingerprint density at radius 1 is 0.963 bits per heavy atom. The lowest BCUT2D eigenvalue weighted by Crippen LogP contribution is -2.45. The summed E-state index contributed by atoms with van der Waals surface area (Å²) in [5.41, 5.74) is 4.75. The minimum atomic E-state index is -0.285. The number of aromatic nitrogens is 6. The average molecular weight is 734 g/mol. The molecule has 0 spiro atoms. The lowest BCUT2D eigenvalue weighted by atomic mass is 9.85. The van der Waals surface area contributed by atoms with Crippen LogP contribution in [0.5, 0.6) is 5.75 Å². The molecule has 1 aliphatic carbocycles. The van der Waals surface area contributed by atoms with Gasteiger partial charge in [-0.05, 0) is 75.3 Å². The molecule has 0 saturated carbocycles. The van der Waals surface area contributed by atoms with Gasteiger partial charge in [0.1, 0.15) is 24.2 Å². The summed E-state index contributed by atoms with van der Waals surface area (Å²) in [4.78, 5) is 20.4. The predicted octanol–water partition coefficient (Wildman–Crippen LogP) is 6.20. The van der Waals surface area contributed by atoms with Gasteiger partial charge in [0.2, 0.25) is 11.8 Å².